The molecule has 1 saturated heterocycles. The summed E-state index contributed by atoms with van der Waals surface area (Å²) in [5.41, 5.74) is 0.984. The number of carbonyl (C=O) groups excluding carboxylic acids is 1. The molecule has 5 heteroatoms. The van der Waals surface area contributed by atoms with E-state index in [9.17, 15) is 4.79 Å². The van der Waals surface area contributed by atoms with Gasteiger partial charge in [-0.1, -0.05) is 12.1 Å². The molecule has 1 N–H and O–H groups in total. The van der Waals surface area contributed by atoms with Crippen molar-refractivity contribution in [3.8, 4) is 0 Å². The van der Waals surface area contributed by atoms with Gasteiger partial charge in [0.1, 0.15) is 11.0 Å². The fourth-order valence-corrected chi connectivity index (χ4v) is 3.49. The summed E-state index contributed by atoms with van der Waals surface area (Å²) in [4.78, 5) is 14.4. The zero-order valence-corrected chi connectivity index (χ0v) is 12.4. The molecule has 20 heavy (non-hydrogen) atoms. The van der Waals surface area contributed by atoms with Crippen LogP contribution in [-0.4, -0.2) is 34.3 Å². The summed E-state index contributed by atoms with van der Waals surface area (Å²) in [6.45, 7) is 3.73. The number of amides is 1. The lowest BCUT2D eigenvalue weighted by Crippen LogP contribution is -2.43. The van der Waals surface area contributed by atoms with Crippen LogP contribution in [0.3, 0.4) is 0 Å². The molecule has 1 aliphatic rings. The Labute approximate surface area is 122 Å². The van der Waals surface area contributed by atoms with Crippen LogP contribution in [0.1, 0.15) is 26.2 Å². The highest BCUT2D eigenvalue weighted by Crippen LogP contribution is 2.28. The average Bonchev–Trinajstić information content (AvgIpc) is 2.91. The van der Waals surface area contributed by atoms with E-state index >= 15 is 0 Å². The molecule has 1 aliphatic heterocycles. The monoisotopic (exact) mass is 289 g/mol. The number of benzene rings is 1. The maximum atomic E-state index is 12.4. The van der Waals surface area contributed by atoms with E-state index in [-0.39, 0.29) is 11.9 Å². The minimum Gasteiger partial charge on any atom is -0.364 e. The second-order valence-corrected chi connectivity index (χ2v) is 6.05. The van der Waals surface area contributed by atoms with Crippen LogP contribution in [0.5, 0.6) is 0 Å². The number of nitrogens with zero attached hydrogens (tertiary/aromatic N) is 2. The van der Waals surface area contributed by atoms with E-state index in [4.69, 9.17) is 0 Å². The van der Waals surface area contributed by atoms with Gasteiger partial charge in [-0.15, -0.1) is 0 Å². The van der Waals surface area contributed by atoms with Crippen LogP contribution < -0.4 is 5.32 Å². The Hall–Kier alpha value is -1.62. The van der Waals surface area contributed by atoms with E-state index in [0.717, 1.165) is 41.8 Å². The number of piperidine rings is 1. The summed E-state index contributed by atoms with van der Waals surface area (Å²) in [6, 6.07) is 7.82. The van der Waals surface area contributed by atoms with Crippen LogP contribution in [0.25, 0.3) is 10.9 Å². The smallest absolute Gasteiger partial charge is 0.244 e. The molecule has 0 saturated carbocycles. The molecule has 106 valence electrons. The van der Waals surface area contributed by atoms with Gasteiger partial charge in [-0.2, -0.15) is 4.37 Å². The topological polar surface area (TPSA) is 45.2 Å². The highest BCUT2D eigenvalue weighted by molar-refractivity contribution is 7.11. The molecule has 1 fully saturated rings. The van der Waals surface area contributed by atoms with Gasteiger partial charge in [-0.05, 0) is 49.9 Å². The predicted molar refractivity (Wildman–Crippen MR) is 83.1 cm³/mol. The lowest BCUT2D eigenvalue weighted by molar-refractivity contribution is -0.132. The van der Waals surface area contributed by atoms with Crippen LogP contribution in [0.4, 0.5) is 5.00 Å². The van der Waals surface area contributed by atoms with Crippen LogP contribution in [0.2, 0.25) is 0 Å². The molecule has 1 unspecified atom stereocenters. The summed E-state index contributed by atoms with van der Waals surface area (Å²) >= 11 is 1.42. The van der Waals surface area contributed by atoms with Crippen LogP contribution >= 0.6 is 11.5 Å². The molecule has 0 bridgehead atoms. The highest BCUT2D eigenvalue weighted by atomic mass is 32.1. The Morgan fingerprint density at radius 1 is 1.30 bits per heavy atom. The molecule has 3 rings (SSSR count). The first-order chi connectivity index (χ1) is 9.75. The molecule has 2 aromatic rings. The molecule has 1 aromatic carbocycles. The Kier molecular flexibility index (Phi) is 3.87. The first-order valence-electron chi connectivity index (χ1n) is 7.15. The van der Waals surface area contributed by atoms with E-state index in [2.05, 4.69) is 9.69 Å². The molecule has 0 spiro atoms. The number of likely N-dealkylation sites (tertiary alicyclic amines) is 1. The first-order valence-corrected chi connectivity index (χ1v) is 7.93. The Morgan fingerprint density at radius 2 is 2.05 bits per heavy atom. The van der Waals surface area contributed by atoms with Gasteiger partial charge in [0, 0.05) is 18.5 Å². The number of anilines is 1. The van der Waals surface area contributed by atoms with Crippen molar-refractivity contribution in [3.05, 3.63) is 24.3 Å². The number of carbonyl (C=O) groups is 1. The van der Waals surface area contributed by atoms with Crippen LogP contribution in [0, 0.1) is 0 Å². The quantitative estimate of drug-likeness (QED) is 0.944. The minimum atomic E-state index is -0.197. The van der Waals surface area contributed by atoms with E-state index in [1.807, 2.05) is 36.1 Å². The normalized spacial score (nSPS) is 17.1. The third-order valence-electron chi connectivity index (χ3n) is 3.77. The first kappa shape index (κ1) is 13.4. The van der Waals surface area contributed by atoms with Crippen molar-refractivity contribution in [2.24, 2.45) is 0 Å². The van der Waals surface area contributed by atoms with Crippen molar-refractivity contribution in [1.29, 1.82) is 0 Å². The fraction of sp³-hybridized carbons (Fsp3) is 0.467. The third-order valence-corrected chi connectivity index (χ3v) is 4.58. The lowest BCUT2D eigenvalue weighted by atomic mass is 10.1. The summed E-state index contributed by atoms with van der Waals surface area (Å²) in [5, 5.41) is 5.40. The summed E-state index contributed by atoms with van der Waals surface area (Å²) in [6.07, 6.45) is 3.50. The van der Waals surface area contributed by atoms with E-state index in [0.29, 0.717) is 0 Å². The van der Waals surface area contributed by atoms with E-state index in [1.165, 1.54) is 18.0 Å². The van der Waals surface area contributed by atoms with Gasteiger partial charge in [-0.3, -0.25) is 4.79 Å². The molecule has 2 heterocycles. The Morgan fingerprint density at radius 3 is 2.85 bits per heavy atom. The zero-order chi connectivity index (χ0) is 13.9. The molecule has 1 atom stereocenters. The number of hydrogen-bond donors (Lipinski definition) is 1. The second kappa shape index (κ2) is 5.79. The van der Waals surface area contributed by atoms with Gasteiger partial charge >= 0.3 is 0 Å². The molecule has 1 amide bonds. The lowest BCUT2D eigenvalue weighted by Gasteiger charge is -2.29. The highest BCUT2D eigenvalue weighted by Gasteiger charge is 2.22. The second-order valence-electron chi connectivity index (χ2n) is 5.28. The van der Waals surface area contributed by atoms with Gasteiger partial charge in [-0.25, -0.2) is 0 Å². The van der Waals surface area contributed by atoms with Crippen molar-refractivity contribution in [3.63, 3.8) is 0 Å². The molecular weight excluding hydrogens is 270 g/mol. The maximum Gasteiger partial charge on any atom is 0.244 e. The van der Waals surface area contributed by atoms with Crippen molar-refractivity contribution < 1.29 is 4.79 Å². The standard InChI is InChI=1S/C15H19N3OS/c1-11(15(19)18-9-5-2-6-10-18)16-14-12-7-3-4-8-13(12)17-20-14/h3-4,7-8,11,16H,2,5-6,9-10H2,1H3. The Balaban J connectivity index is 1.71. The molecule has 0 radical (unpaired) electrons. The van der Waals surface area contributed by atoms with Crippen molar-refractivity contribution in [2.75, 3.05) is 18.4 Å². The van der Waals surface area contributed by atoms with Gasteiger partial charge in [0.2, 0.25) is 5.91 Å². The number of aromatic nitrogens is 1. The Bertz CT molecular complexity index is 604. The number of hydrogen-bond acceptors (Lipinski definition) is 4. The largest absolute Gasteiger partial charge is 0.364 e. The van der Waals surface area contributed by atoms with Gasteiger partial charge in [0.15, 0.2) is 0 Å². The van der Waals surface area contributed by atoms with Gasteiger partial charge in [0.05, 0.1) is 5.52 Å². The zero-order valence-electron chi connectivity index (χ0n) is 11.6. The van der Waals surface area contributed by atoms with Crippen LogP contribution in [0.15, 0.2) is 24.3 Å². The number of fused-ring (bicyclic) bond motifs is 1. The molecule has 1 aromatic heterocycles. The van der Waals surface area contributed by atoms with Crippen molar-refractivity contribution in [1.82, 2.24) is 9.27 Å². The number of rotatable bonds is 3. The molecular formula is C15H19N3OS. The van der Waals surface area contributed by atoms with Crippen molar-refractivity contribution >= 4 is 33.3 Å². The van der Waals surface area contributed by atoms with Crippen LogP contribution in [-0.2, 0) is 4.79 Å². The molecule has 0 aliphatic carbocycles. The SMILES string of the molecule is CC(Nc1snc2ccccc12)C(=O)N1CCCCC1. The summed E-state index contributed by atoms with van der Waals surface area (Å²) in [5.74, 6) is 0.196. The van der Waals surface area contributed by atoms with E-state index in [1.54, 1.807) is 0 Å². The van der Waals surface area contributed by atoms with Gasteiger partial charge < -0.3 is 10.2 Å². The summed E-state index contributed by atoms with van der Waals surface area (Å²) < 4.78 is 4.40. The average molecular weight is 289 g/mol. The predicted octanol–water partition coefficient (Wildman–Crippen LogP) is 3.11. The third kappa shape index (κ3) is 2.63. The summed E-state index contributed by atoms with van der Waals surface area (Å²) in [7, 11) is 0. The van der Waals surface area contributed by atoms with Crippen molar-refractivity contribution in [2.45, 2.75) is 32.2 Å². The maximum absolute atomic E-state index is 12.4. The number of nitrogens with one attached hydrogen (secondary N) is 1. The van der Waals surface area contributed by atoms with Gasteiger partial charge in [0.25, 0.3) is 0 Å². The fourth-order valence-electron chi connectivity index (χ4n) is 2.64. The van der Waals surface area contributed by atoms with E-state index < -0.39 is 0 Å². The molecule has 4 nitrogen and oxygen atoms in total. The minimum absolute atomic E-state index is 0.196.